The standard InChI is InChI=1S/C36H24ClN3O3/c37-23-18-16-22(17-19-23)33(41)39-38-20-36-27-13-5-3-11-25(27)30(26-12-4-6-14-28(26)36)31-32(36)35(43)40(34(31)42)29-15-7-9-21-8-1-2-10-24(21)29/h1-20,30-32H,(H,39,41)/b38-20-/t30?,31-,32+,36?/m0/s1. The Labute approximate surface area is 252 Å². The largest absolute Gasteiger partial charge is 0.274 e. The van der Waals surface area contributed by atoms with Gasteiger partial charge in [0.2, 0.25) is 11.8 Å². The van der Waals surface area contributed by atoms with Crippen LogP contribution in [0.4, 0.5) is 5.69 Å². The van der Waals surface area contributed by atoms with Crippen molar-refractivity contribution in [2.45, 2.75) is 11.3 Å². The number of halogens is 1. The van der Waals surface area contributed by atoms with Crippen molar-refractivity contribution in [3.8, 4) is 0 Å². The van der Waals surface area contributed by atoms with Gasteiger partial charge in [0.15, 0.2) is 0 Å². The number of hydrogen-bond donors (Lipinski definition) is 1. The number of rotatable bonds is 4. The highest BCUT2D eigenvalue weighted by atomic mass is 35.5. The van der Waals surface area contributed by atoms with Crippen LogP contribution >= 0.6 is 11.6 Å². The van der Waals surface area contributed by atoms with Crippen LogP contribution in [0.2, 0.25) is 5.02 Å². The zero-order valence-corrected chi connectivity index (χ0v) is 23.5. The lowest BCUT2D eigenvalue weighted by Gasteiger charge is -2.52. The Morgan fingerprint density at radius 3 is 2.12 bits per heavy atom. The highest BCUT2D eigenvalue weighted by Gasteiger charge is 2.68. The van der Waals surface area contributed by atoms with Crippen molar-refractivity contribution in [1.29, 1.82) is 0 Å². The fourth-order valence-electron chi connectivity index (χ4n) is 7.55. The van der Waals surface area contributed by atoms with Gasteiger partial charge < -0.3 is 0 Å². The van der Waals surface area contributed by atoms with Gasteiger partial charge in [-0.3, -0.25) is 14.4 Å². The minimum atomic E-state index is -1.08. The first-order valence-electron chi connectivity index (χ1n) is 14.2. The van der Waals surface area contributed by atoms with Crippen LogP contribution in [0.3, 0.4) is 0 Å². The average molecular weight is 582 g/mol. The van der Waals surface area contributed by atoms with E-state index in [1.54, 1.807) is 30.5 Å². The van der Waals surface area contributed by atoms with Crippen LogP contribution < -0.4 is 10.3 Å². The van der Waals surface area contributed by atoms with E-state index >= 15 is 0 Å². The van der Waals surface area contributed by atoms with Gasteiger partial charge in [0, 0.05) is 28.1 Å². The Morgan fingerprint density at radius 1 is 0.767 bits per heavy atom. The van der Waals surface area contributed by atoms with Crippen molar-refractivity contribution >= 4 is 52.0 Å². The monoisotopic (exact) mass is 581 g/mol. The van der Waals surface area contributed by atoms with Gasteiger partial charge in [0.25, 0.3) is 5.91 Å². The molecule has 7 heteroatoms. The third kappa shape index (κ3) is 3.53. The zero-order valence-electron chi connectivity index (χ0n) is 22.8. The van der Waals surface area contributed by atoms with Crippen LogP contribution in [0.15, 0.2) is 120 Å². The van der Waals surface area contributed by atoms with E-state index in [9.17, 15) is 14.4 Å². The molecule has 1 N–H and O–H groups in total. The predicted octanol–water partition coefficient (Wildman–Crippen LogP) is 6.46. The van der Waals surface area contributed by atoms with Crippen LogP contribution in [0.1, 0.15) is 38.5 Å². The summed E-state index contributed by atoms with van der Waals surface area (Å²) < 4.78 is 0. The maximum atomic E-state index is 14.7. The number of imide groups is 1. The topological polar surface area (TPSA) is 78.8 Å². The van der Waals surface area contributed by atoms with Gasteiger partial charge in [0.05, 0.1) is 22.9 Å². The van der Waals surface area contributed by atoms with Gasteiger partial charge >= 0.3 is 0 Å². The molecule has 0 radical (unpaired) electrons. The molecule has 0 aromatic heterocycles. The zero-order chi connectivity index (χ0) is 29.3. The number of benzene rings is 5. The maximum Gasteiger partial charge on any atom is 0.271 e. The number of hydrogen-bond acceptors (Lipinski definition) is 4. The van der Waals surface area contributed by atoms with Crippen molar-refractivity contribution in [2.24, 2.45) is 16.9 Å². The third-order valence-corrected chi connectivity index (χ3v) is 9.48. The summed E-state index contributed by atoms with van der Waals surface area (Å²) in [5, 5.41) is 6.80. The lowest BCUT2D eigenvalue weighted by Crippen LogP contribution is -2.54. The first-order valence-corrected chi connectivity index (χ1v) is 14.5. The quantitative estimate of drug-likeness (QED) is 0.150. The Bertz CT molecular complexity index is 1970. The number of carbonyl (C=O) groups excluding carboxylic acids is 3. The van der Waals surface area contributed by atoms with Gasteiger partial charge in [-0.2, -0.15) is 5.10 Å². The SMILES string of the molecule is O=C(N/N=C\C12c3ccccc3C(c3ccccc31)[C@@H]1C(=O)N(c3cccc4ccccc34)C(=O)[C@@H]12)c1ccc(Cl)cc1. The smallest absolute Gasteiger partial charge is 0.271 e. The first-order chi connectivity index (χ1) is 21.0. The summed E-state index contributed by atoms with van der Waals surface area (Å²) in [6, 6.07) is 35.9. The minimum absolute atomic E-state index is 0.219. The third-order valence-electron chi connectivity index (χ3n) is 9.23. The summed E-state index contributed by atoms with van der Waals surface area (Å²) in [6.07, 6.45) is 1.67. The molecule has 3 amide bonds. The molecule has 1 heterocycles. The fourth-order valence-corrected chi connectivity index (χ4v) is 7.68. The Kier molecular flexibility index (Phi) is 5.65. The van der Waals surface area contributed by atoms with Gasteiger partial charge in [-0.05, 0) is 58.0 Å². The van der Waals surface area contributed by atoms with Gasteiger partial charge in [-0.1, -0.05) is 96.5 Å². The second kappa shape index (κ2) is 9.48. The van der Waals surface area contributed by atoms with E-state index in [2.05, 4.69) is 10.5 Å². The van der Waals surface area contributed by atoms with E-state index < -0.39 is 23.2 Å². The molecule has 9 rings (SSSR count). The van der Waals surface area contributed by atoms with Gasteiger partial charge in [0.1, 0.15) is 0 Å². The Balaban J connectivity index is 1.31. The number of fused-ring (bicyclic) bond motifs is 1. The molecule has 1 fully saturated rings. The molecular weight excluding hydrogens is 558 g/mol. The number of amides is 3. The highest BCUT2D eigenvalue weighted by Crippen LogP contribution is 2.63. The molecule has 43 heavy (non-hydrogen) atoms. The molecule has 0 unspecified atom stereocenters. The van der Waals surface area contributed by atoms with E-state index in [1.165, 1.54) is 4.90 Å². The van der Waals surface area contributed by atoms with E-state index in [1.807, 2.05) is 91.0 Å². The minimum Gasteiger partial charge on any atom is -0.274 e. The molecule has 5 aromatic carbocycles. The van der Waals surface area contributed by atoms with Crippen molar-refractivity contribution in [1.82, 2.24) is 5.43 Å². The molecule has 5 aromatic rings. The number of anilines is 1. The molecule has 1 aliphatic heterocycles. The molecule has 4 aliphatic rings. The van der Waals surface area contributed by atoms with Crippen LogP contribution in [-0.4, -0.2) is 23.9 Å². The highest BCUT2D eigenvalue weighted by molar-refractivity contribution is 6.30. The second-order valence-electron chi connectivity index (χ2n) is 11.2. The number of carbonyl (C=O) groups is 3. The summed E-state index contributed by atoms with van der Waals surface area (Å²) in [5.74, 6) is -2.55. The fraction of sp³-hybridized carbons (Fsp3) is 0.111. The van der Waals surface area contributed by atoms with E-state index in [0.717, 1.165) is 33.0 Å². The number of hydrazone groups is 1. The summed E-state index contributed by atoms with van der Waals surface area (Å²) >= 11 is 6.00. The van der Waals surface area contributed by atoms with Crippen molar-refractivity contribution in [3.63, 3.8) is 0 Å². The van der Waals surface area contributed by atoms with E-state index in [0.29, 0.717) is 16.3 Å². The van der Waals surface area contributed by atoms with Crippen LogP contribution in [0, 0.1) is 11.8 Å². The molecule has 0 saturated carbocycles. The van der Waals surface area contributed by atoms with Crippen LogP contribution in [0.5, 0.6) is 0 Å². The molecule has 1 saturated heterocycles. The lowest BCUT2D eigenvalue weighted by molar-refractivity contribution is -0.122. The molecule has 6 nitrogen and oxygen atoms in total. The van der Waals surface area contributed by atoms with Crippen molar-refractivity contribution in [2.75, 3.05) is 4.90 Å². The lowest BCUT2D eigenvalue weighted by atomic mass is 9.47. The molecule has 0 spiro atoms. The molecule has 2 bridgehead atoms. The molecule has 208 valence electrons. The molecule has 3 aliphatic carbocycles. The molecule has 2 atom stereocenters. The van der Waals surface area contributed by atoms with Crippen molar-refractivity contribution in [3.05, 3.63) is 148 Å². The summed E-state index contributed by atoms with van der Waals surface area (Å²) in [6.45, 7) is 0. The normalized spacial score (nSPS) is 23.4. The Morgan fingerprint density at radius 2 is 1.40 bits per heavy atom. The summed E-state index contributed by atoms with van der Waals surface area (Å²) in [4.78, 5) is 43.6. The van der Waals surface area contributed by atoms with Gasteiger partial charge in [-0.15, -0.1) is 0 Å². The Hall–Kier alpha value is -5.07. The second-order valence-corrected chi connectivity index (χ2v) is 11.7. The molecular formula is C36H24ClN3O3. The number of nitrogens with one attached hydrogen (secondary N) is 1. The maximum absolute atomic E-state index is 14.7. The predicted molar refractivity (Wildman–Crippen MR) is 166 cm³/mol. The van der Waals surface area contributed by atoms with Crippen molar-refractivity contribution < 1.29 is 14.4 Å². The average Bonchev–Trinajstić information content (AvgIpc) is 3.31. The first kappa shape index (κ1) is 25.6. The number of nitrogens with zero attached hydrogens (tertiary/aromatic N) is 2. The van der Waals surface area contributed by atoms with Crippen LogP contribution in [0.25, 0.3) is 10.8 Å². The van der Waals surface area contributed by atoms with Crippen LogP contribution in [-0.2, 0) is 15.0 Å². The van der Waals surface area contributed by atoms with Gasteiger partial charge in [-0.25, -0.2) is 10.3 Å². The van der Waals surface area contributed by atoms with E-state index in [-0.39, 0.29) is 17.7 Å². The summed E-state index contributed by atoms with van der Waals surface area (Å²) in [7, 11) is 0. The van der Waals surface area contributed by atoms with E-state index in [4.69, 9.17) is 11.6 Å². The summed E-state index contributed by atoms with van der Waals surface area (Å²) in [5.41, 5.74) is 6.40.